The van der Waals surface area contributed by atoms with Crippen molar-refractivity contribution in [1.29, 1.82) is 0 Å². The van der Waals surface area contributed by atoms with Crippen molar-refractivity contribution >= 4 is 20.4 Å². The van der Waals surface area contributed by atoms with Gasteiger partial charge in [0.2, 0.25) is 0 Å². The van der Waals surface area contributed by atoms with Crippen LogP contribution in [0.5, 0.6) is 0 Å². The molecule has 0 N–H and O–H groups in total. The van der Waals surface area contributed by atoms with E-state index >= 15 is 0 Å². The van der Waals surface area contributed by atoms with Gasteiger partial charge in [0, 0.05) is 17.1 Å². The van der Waals surface area contributed by atoms with Crippen molar-refractivity contribution in [2.75, 3.05) is 0 Å². The minimum atomic E-state index is 0. The molecule has 0 atom stereocenters. The second-order valence-electron chi connectivity index (χ2n) is 2.39. The van der Waals surface area contributed by atoms with E-state index in [1.54, 1.807) is 0 Å². The molecule has 0 unspecified atom stereocenters. The number of carbonyl (C=O) groups is 3. The fourth-order valence-electron chi connectivity index (χ4n) is 0.818. The molecule has 0 amide bonds. The third kappa shape index (κ3) is 15.7. The van der Waals surface area contributed by atoms with Crippen LogP contribution in [0.2, 0.25) is 0 Å². The average molecular weight is 252 g/mol. The van der Waals surface area contributed by atoms with Crippen molar-refractivity contribution in [3.63, 3.8) is 0 Å². The van der Waals surface area contributed by atoms with E-state index in [1.165, 1.54) is 5.57 Å². The van der Waals surface area contributed by atoms with Gasteiger partial charge >= 0.3 is 0 Å². The zero-order valence-electron chi connectivity index (χ0n) is 9.16. The van der Waals surface area contributed by atoms with Crippen LogP contribution in [-0.4, -0.2) is 20.4 Å². The van der Waals surface area contributed by atoms with E-state index in [-0.39, 0.29) is 17.1 Å². The normalized spacial score (nSPS) is 10.2. The second-order valence-corrected chi connectivity index (χ2v) is 2.39. The Morgan fingerprint density at radius 2 is 1.53 bits per heavy atom. The van der Waals surface area contributed by atoms with Gasteiger partial charge in [0.15, 0.2) is 0 Å². The first-order valence-electron chi connectivity index (χ1n) is 3.94. The molecule has 1 radical (unpaired) electrons. The van der Waals surface area contributed by atoms with Crippen LogP contribution < -0.4 is 0 Å². The number of carbonyl (C=O) groups excluding carboxylic acids is 3. The molecule has 3 nitrogen and oxygen atoms in total. The molecule has 0 bridgehead atoms. The molecule has 4 heteroatoms. The summed E-state index contributed by atoms with van der Waals surface area (Å²) >= 11 is 0. The summed E-state index contributed by atoms with van der Waals surface area (Å²) in [6, 6.07) is 0. The van der Waals surface area contributed by atoms with Crippen molar-refractivity contribution < 1.29 is 31.5 Å². The van der Waals surface area contributed by atoms with E-state index in [9.17, 15) is 0 Å². The summed E-state index contributed by atoms with van der Waals surface area (Å²) in [5.74, 6) is 0.661. The Kier molecular flexibility index (Phi) is 36.5. The summed E-state index contributed by atoms with van der Waals surface area (Å²) in [6.45, 7) is 10.4. The predicted molar refractivity (Wildman–Crippen MR) is 56.7 cm³/mol. The van der Waals surface area contributed by atoms with E-state index in [1.807, 2.05) is 20.4 Å². The van der Waals surface area contributed by atoms with Crippen molar-refractivity contribution in [1.82, 2.24) is 0 Å². The molecule has 0 saturated heterocycles. The standard InChI is InChI=1S/C8H11.3CH2O.Mn/c1-7(2)8-5-3-4-6-8;3*1-2;/h3,5,7H,4H2,1-2H3;3*1H2;/q-1;;;;. The van der Waals surface area contributed by atoms with Gasteiger partial charge in [0.05, 0.1) is 0 Å². The van der Waals surface area contributed by atoms with Crippen LogP contribution in [-0.2, 0) is 31.5 Å². The zero-order chi connectivity index (χ0) is 12.0. The Labute approximate surface area is 102 Å². The van der Waals surface area contributed by atoms with Crippen molar-refractivity contribution in [3.05, 3.63) is 23.8 Å². The Bertz CT molecular complexity index is 172. The Balaban J connectivity index is -0.0000000755. The van der Waals surface area contributed by atoms with Crippen LogP contribution in [0.15, 0.2) is 17.7 Å². The largest absolute Gasteiger partial charge is 0.307 e. The number of allylic oxidation sites excluding steroid dienone is 4. The Hall–Kier alpha value is -0.991. The molecule has 0 spiro atoms. The van der Waals surface area contributed by atoms with Gasteiger partial charge in [0.1, 0.15) is 20.4 Å². The van der Waals surface area contributed by atoms with Gasteiger partial charge < -0.3 is 14.4 Å². The fraction of sp³-hybridized carbons (Fsp3) is 0.364. The maximum absolute atomic E-state index is 8.00. The summed E-state index contributed by atoms with van der Waals surface area (Å²) in [4.78, 5) is 24.0. The van der Waals surface area contributed by atoms with E-state index < -0.39 is 0 Å². The van der Waals surface area contributed by atoms with Gasteiger partial charge in [-0.1, -0.05) is 19.8 Å². The maximum Gasteiger partial charge on any atom is 0.106 e. The van der Waals surface area contributed by atoms with Crippen molar-refractivity contribution in [2.45, 2.75) is 20.3 Å². The quantitative estimate of drug-likeness (QED) is 0.528. The van der Waals surface area contributed by atoms with E-state index in [0.29, 0.717) is 5.92 Å². The first kappa shape index (κ1) is 23.7. The van der Waals surface area contributed by atoms with Crippen LogP contribution in [0.3, 0.4) is 0 Å². The van der Waals surface area contributed by atoms with Crippen molar-refractivity contribution in [2.24, 2.45) is 5.92 Å². The minimum Gasteiger partial charge on any atom is -0.307 e. The Morgan fingerprint density at radius 1 is 1.13 bits per heavy atom. The summed E-state index contributed by atoms with van der Waals surface area (Å²) in [5, 5.41) is 0. The molecule has 0 aromatic carbocycles. The number of hydrogen-bond acceptors (Lipinski definition) is 3. The summed E-state index contributed by atoms with van der Waals surface area (Å²) in [6.07, 6.45) is 8.59. The third-order valence-electron chi connectivity index (χ3n) is 1.34. The molecule has 1 rings (SSSR count). The minimum absolute atomic E-state index is 0. The molecular weight excluding hydrogens is 235 g/mol. The van der Waals surface area contributed by atoms with Crippen LogP contribution in [0, 0.1) is 12.0 Å². The van der Waals surface area contributed by atoms with Gasteiger partial charge in [-0.25, -0.2) is 11.6 Å². The monoisotopic (exact) mass is 252 g/mol. The smallest absolute Gasteiger partial charge is 0.106 e. The van der Waals surface area contributed by atoms with Crippen LogP contribution in [0.1, 0.15) is 20.3 Å². The summed E-state index contributed by atoms with van der Waals surface area (Å²) in [5.41, 5.74) is 1.37. The first-order chi connectivity index (χ1) is 6.80. The predicted octanol–water partition coefficient (Wildman–Crippen LogP) is 1.77. The molecular formula is C11H17MnO3-. The van der Waals surface area contributed by atoms with E-state index in [4.69, 9.17) is 14.4 Å². The summed E-state index contributed by atoms with van der Waals surface area (Å²) in [7, 11) is 0. The van der Waals surface area contributed by atoms with Gasteiger partial charge in [-0.15, -0.1) is 6.42 Å². The molecule has 0 aromatic rings. The van der Waals surface area contributed by atoms with Gasteiger partial charge in [-0.3, -0.25) is 6.08 Å². The maximum atomic E-state index is 8.00. The second kappa shape index (κ2) is 23.1. The zero-order valence-corrected chi connectivity index (χ0v) is 10.3. The average Bonchev–Trinajstić information content (AvgIpc) is 2.80. The van der Waals surface area contributed by atoms with Crippen molar-refractivity contribution in [3.8, 4) is 0 Å². The topological polar surface area (TPSA) is 51.2 Å². The SMILES string of the molecule is C=O.C=O.C=O.CC(C)C1=[C-]CC=C1.[Mn]. The molecule has 0 saturated carbocycles. The molecule has 87 valence electrons. The molecule has 1 aliphatic rings. The number of hydrogen-bond donors (Lipinski definition) is 0. The van der Waals surface area contributed by atoms with Crippen LogP contribution >= 0.6 is 0 Å². The van der Waals surface area contributed by atoms with Gasteiger partial charge in [0.25, 0.3) is 0 Å². The molecule has 0 fully saturated rings. The molecule has 15 heavy (non-hydrogen) atoms. The summed E-state index contributed by atoms with van der Waals surface area (Å²) < 4.78 is 0. The van der Waals surface area contributed by atoms with E-state index in [2.05, 4.69) is 32.1 Å². The molecule has 0 aromatic heterocycles. The van der Waals surface area contributed by atoms with Crippen LogP contribution in [0.25, 0.3) is 0 Å². The third-order valence-corrected chi connectivity index (χ3v) is 1.34. The first-order valence-corrected chi connectivity index (χ1v) is 3.94. The number of rotatable bonds is 1. The fourth-order valence-corrected chi connectivity index (χ4v) is 0.818. The molecule has 1 aliphatic carbocycles. The molecule has 0 aliphatic heterocycles. The van der Waals surface area contributed by atoms with E-state index in [0.717, 1.165) is 6.42 Å². The van der Waals surface area contributed by atoms with Gasteiger partial charge in [-0.05, 0) is 0 Å². The molecule has 0 heterocycles. The van der Waals surface area contributed by atoms with Gasteiger partial charge in [-0.2, -0.15) is 6.08 Å². The Morgan fingerprint density at radius 3 is 1.67 bits per heavy atom. The van der Waals surface area contributed by atoms with Crippen LogP contribution in [0.4, 0.5) is 0 Å².